The summed E-state index contributed by atoms with van der Waals surface area (Å²) < 4.78 is 0. The molecule has 2 nitrogen and oxygen atoms in total. The van der Waals surface area contributed by atoms with Crippen molar-refractivity contribution in [1.29, 1.82) is 0 Å². The minimum Gasteiger partial charge on any atom is -0.241 e. The van der Waals surface area contributed by atoms with E-state index in [1.54, 1.807) is 12.4 Å². The minimum atomic E-state index is 0.865. The Kier molecular flexibility index (Phi) is 2.19. The third kappa shape index (κ3) is 1.80. The van der Waals surface area contributed by atoms with Crippen LogP contribution < -0.4 is 0 Å². The summed E-state index contributed by atoms with van der Waals surface area (Å²) in [4.78, 5) is 8.03. The lowest BCUT2D eigenvalue weighted by molar-refractivity contribution is 0.876. The van der Waals surface area contributed by atoms with Crippen LogP contribution in [-0.2, 0) is 6.42 Å². The Balaban J connectivity index is 2.61. The summed E-state index contributed by atoms with van der Waals surface area (Å²) >= 11 is 0. The Labute approximate surface area is 55.0 Å². The molecule has 47 valence electrons. The standard InChI is InChI=1S/C7H9N2/c1-2-4-7-8-5-3-6-9-7/h3,5-6H,1-2,4H2. The van der Waals surface area contributed by atoms with Crippen molar-refractivity contribution >= 4 is 0 Å². The van der Waals surface area contributed by atoms with E-state index in [0.717, 1.165) is 18.7 Å². The predicted molar refractivity (Wildman–Crippen MR) is 35.7 cm³/mol. The quantitative estimate of drug-likeness (QED) is 0.588. The summed E-state index contributed by atoms with van der Waals surface area (Å²) in [5.74, 6) is 0.882. The molecule has 1 radical (unpaired) electrons. The molecule has 1 heterocycles. The average molecular weight is 121 g/mol. The molecule has 0 aliphatic heterocycles. The summed E-state index contributed by atoms with van der Waals surface area (Å²) in [6.07, 6.45) is 5.24. The van der Waals surface area contributed by atoms with Gasteiger partial charge in [-0.1, -0.05) is 6.92 Å². The van der Waals surface area contributed by atoms with Gasteiger partial charge in [0, 0.05) is 18.8 Å². The Hall–Kier alpha value is -0.920. The zero-order valence-corrected chi connectivity index (χ0v) is 5.25. The molecule has 9 heavy (non-hydrogen) atoms. The van der Waals surface area contributed by atoms with Crippen LogP contribution in [0.4, 0.5) is 0 Å². The van der Waals surface area contributed by atoms with Gasteiger partial charge < -0.3 is 0 Å². The van der Waals surface area contributed by atoms with E-state index in [9.17, 15) is 0 Å². The van der Waals surface area contributed by atoms with Gasteiger partial charge in [0.05, 0.1) is 0 Å². The largest absolute Gasteiger partial charge is 0.241 e. The molecule has 0 saturated heterocycles. The number of rotatable bonds is 2. The van der Waals surface area contributed by atoms with E-state index in [0.29, 0.717) is 0 Å². The fourth-order valence-electron chi connectivity index (χ4n) is 0.617. The van der Waals surface area contributed by atoms with E-state index >= 15 is 0 Å². The summed E-state index contributed by atoms with van der Waals surface area (Å²) in [5, 5.41) is 0. The van der Waals surface area contributed by atoms with Gasteiger partial charge in [-0.25, -0.2) is 9.97 Å². The highest BCUT2D eigenvalue weighted by Crippen LogP contribution is 1.90. The molecule has 1 aromatic rings. The van der Waals surface area contributed by atoms with Crippen LogP contribution in [0.5, 0.6) is 0 Å². The molecule has 0 amide bonds. The van der Waals surface area contributed by atoms with Gasteiger partial charge in [-0.3, -0.25) is 0 Å². The van der Waals surface area contributed by atoms with Gasteiger partial charge in [-0.2, -0.15) is 0 Å². The maximum atomic E-state index is 4.02. The molecule has 0 unspecified atom stereocenters. The number of hydrogen-bond donors (Lipinski definition) is 0. The van der Waals surface area contributed by atoms with Crippen molar-refractivity contribution in [2.45, 2.75) is 12.8 Å². The number of aryl methyl sites for hydroxylation is 1. The van der Waals surface area contributed by atoms with E-state index < -0.39 is 0 Å². The summed E-state index contributed by atoms with van der Waals surface area (Å²) in [7, 11) is 0. The maximum absolute atomic E-state index is 4.02. The summed E-state index contributed by atoms with van der Waals surface area (Å²) in [5.41, 5.74) is 0. The first-order valence-corrected chi connectivity index (χ1v) is 2.98. The van der Waals surface area contributed by atoms with Crippen LogP contribution in [0, 0.1) is 6.92 Å². The van der Waals surface area contributed by atoms with Crippen LogP contribution in [0.1, 0.15) is 12.2 Å². The highest BCUT2D eigenvalue weighted by Gasteiger charge is 1.88. The van der Waals surface area contributed by atoms with Gasteiger partial charge in [0.2, 0.25) is 0 Å². The zero-order valence-electron chi connectivity index (χ0n) is 5.25. The van der Waals surface area contributed by atoms with Crippen molar-refractivity contribution in [3.8, 4) is 0 Å². The molecule has 1 rings (SSSR count). The van der Waals surface area contributed by atoms with E-state index in [4.69, 9.17) is 0 Å². The molecule has 0 spiro atoms. The van der Waals surface area contributed by atoms with Crippen LogP contribution in [-0.4, -0.2) is 9.97 Å². The molecule has 0 aliphatic carbocycles. The van der Waals surface area contributed by atoms with Crippen molar-refractivity contribution in [1.82, 2.24) is 9.97 Å². The van der Waals surface area contributed by atoms with Gasteiger partial charge in [0.25, 0.3) is 0 Å². The van der Waals surface area contributed by atoms with Gasteiger partial charge in [0.1, 0.15) is 5.82 Å². The van der Waals surface area contributed by atoms with Crippen molar-refractivity contribution in [2.24, 2.45) is 0 Å². The Morgan fingerprint density at radius 1 is 1.33 bits per heavy atom. The first-order valence-electron chi connectivity index (χ1n) is 2.98. The van der Waals surface area contributed by atoms with E-state index in [1.165, 1.54) is 0 Å². The van der Waals surface area contributed by atoms with Crippen LogP contribution >= 0.6 is 0 Å². The molecule has 2 heteroatoms. The third-order valence-electron chi connectivity index (χ3n) is 1.02. The second kappa shape index (κ2) is 3.17. The maximum Gasteiger partial charge on any atom is 0.128 e. The lowest BCUT2D eigenvalue weighted by Crippen LogP contribution is -1.90. The van der Waals surface area contributed by atoms with Gasteiger partial charge in [0.15, 0.2) is 0 Å². The molecule has 0 saturated carbocycles. The Bertz CT molecular complexity index is 160. The van der Waals surface area contributed by atoms with Crippen molar-refractivity contribution in [2.75, 3.05) is 0 Å². The molecule has 0 N–H and O–H groups in total. The molecular formula is C7H9N2. The number of hydrogen-bond acceptors (Lipinski definition) is 2. The molecule has 0 fully saturated rings. The summed E-state index contributed by atoms with van der Waals surface area (Å²) in [6, 6.07) is 1.81. The van der Waals surface area contributed by atoms with E-state index in [1.807, 2.05) is 6.07 Å². The normalized spacial score (nSPS) is 9.44. The van der Waals surface area contributed by atoms with Crippen LogP contribution in [0.15, 0.2) is 18.5 Å². The first kappa shape index (κ1) is 6.20. The molecular weight excluding hydrogens is 112 g/mol. The molecule has 0 aliphatic rings. The first-order chi connectivity index (χ1) is 4.43. The van der Waals surface area contributed by atoms with Gasteiger partial charge in [-0.05, 0) is 12.5 Å². The van der Waals surface area contributed by atoms with Crippen LogP contribution in [0.3, 0.4) is 0 Å². The Morgan fingerprint density at radius 2 is 2.00 bits per heavy atom. The summed E-state index contributed by atoms with van der Waals surface area (Å²) in [6.45, 7) is 3.70. The molecule has 0 atom stereocenters. The second-order valence-electron chi connectivity index (χ2n) is 1.77. The van der Waals surface area contributed by atoms with Crippen molar-refractivity contribution < 1.29 is 0 Å². The zero-order chi connectivity index (χ0) is 6.53. The van der Waals surface area contributed by atoms with E-state index in [2.05, 4.69) is 16.9 Å². The molecule has 0 bridgehead atoms. The molecule has 1 aromatic heterocycles. The van der Waals surface area contributed by atoms with Crippen molar-refractivity contribution in [3.05, 3.63) is 31.2 Å². The lowest BCUT2D eigenvalue weighted by Gasteiger charge is -1.91. The smallest absolute Gasteiger partial charge is 0.128 e. The third-order valence-corrected chi connectivity index (χ3v) is 1.02. The van der Waals surface area contributed by atoms with E-state index in [-0.39, 0.29) is 0 Å². The topological polar surface area (TPSA) is 25.8 Å². The van der Waals surface area contributed by atoms with Crippen LogP contribution in [0.25, 0.3) is 0 Å². The SMILES string of the molecule is [CH2]CCc1ncccn1. The highest BCUT2D eigenvalue weighted by atomic mass is 14.8. The minimum absolute atomic E-state index is 0.865. The van der Waals surface area contributed by atoms with Crippen LogP contribution in [0.2, 0.25) is 0 Å². The fourth-order valence-corrected chi connectivity index (χ4v) is 0.617. The fraction of sp³-hybridized carbons (Fsp3) is 0.286. The second-order valence-corrected chi connectivity index (χ2v) is 1.77. The number of aromatic nitrogens is 2. The molecule has 0 aromatic carbocycles. The predicted octanol–water partition coefficient (Wildman–Crippen LogP) is 1.24. The number of nitrogens with zero attached hydrogens (tertiary/aromatic N) is 2. The van der Waals surface area contributed by atoms with Gasteiger partial charge in [-0.15, -0.1) is 0 Å². The average Bonchev–Trinajstić information content (AvgIpc) is 1.91. The monoisotopic (exact) mass is 121 g/mol. The Morgan fingerprint density at radius 3 is 2.56 bits per heavy atom. The van der Waals surface area contributed by atoms with Crippen molar-refractivity contribution in [3.63, 3.8) is 0 Å². The van der Waals surface area contributed by atoms with Gasteiger partial charge >= 0.3 is 0 Å². The highest BCUT2D eigenvalue weighted by molar-refractivity contribution is 4.88. The lowest BCUT2D eigenvalue weighted by atomic mass is 10.3.